The van der Waals surface area contributed by atoms with Crippen LogP contribution in [-0.2, 0) is 17.5 Å². The van der Waals surface area contributed by atoms with Crippen molar-refractivity contribution in [3.63, 3.8) is 0 Å². The van der Waals surface area contributed by atoms with Gasteiger partial charge >= 0.3 is 0 Å². The number of amidine groups is 2. The van der Waals surface area contributed by atoms with Gasteiger partial charge in [-0.2, -0.15) is 9.13 Å². The first-order valence-corrected chi connectivity index (χ1v) is 15.8. The predicted octanol–water partition coefficient (Wildman–Crippen LogP) is 7.40. The van der Waals surface area contributed by atoms with Gasteiger partial charge in [0.25, 0.3) is 5.54 Å². The number of hydrogen-bond donors (Lipinski definition) is 1. The summed E-state index contributed by atoms with van der Waals surface area (Å²) in [7, 11) is 1.78. The number of rotatable bonds is 7. The molecule has 3 heterocycles. The lowest BCUT2D eigenvalue weighted by Gasteiger charge is -2.48. The van der Waals surface area contributed by atoms with Crippen LogP contribution in [0.15, 0.2) is 107 Å². The first-order valence-electron chi connectivity index (χ1n) is 15.8. The molecule has 1 aliphatic rings. The molecular formula is C39H47N5+2. The molecule has 0 aliphatic carbocycles. The number of aliphatic imine (C=N–C) groups is 2. The summed E-state index contributed by atoms with van der Waals surface area (Å²) in [6.45, 7) is 16.1. The zero-order chi connectivity index (χ0) is 31.6. The molecule has 5 nitrogen and oxygen atoms in total. The molecule has 5 rings (SSSR count). The third-order valence-corrected chi connectivity index (χ3v) is 10.0. The second-order valence-corrected chi connectivity index (χ2v) is 12.1. The van der Waals surface area contributed by atoms with Crippen LogP contribution in [0, 0.1) is 13.8 Å². The summed E-state index contributed by atoms with van der Waals surface area (Å²) < 4.78 is 4.91. The van der Waals surface area contributed by atoms with Crippen LogP contribution in [0.25, 0.3) is 22.4 Å². The van der Waals surface area contributed by atoms with E-state index < -0.39 is 5.54 Å². The van der Waals surface area contributed by atoms with Gasteiger partial charge in [-0.25, -0.2) is 4.99 Å². The van der Waals surface area contributed by atoms with E-state index in [-0.39, 0.29) is 5.41 Å². The Morgan fingerprint density at radius 2 is 1.57 bits per heavy atom. The minimum atomic E-state index is -0.421. The van der Waals surface area contributed by atoms with Crippen LogP contribution < -0.4 is 14.9 Å². The van der Waals surface area contributed by atoms with E-state index in [1.807, 2.05) is 0 Å². The summed E-state index contributed by atoms with van der Waals surface area (Å²) in [4.78, 5) is 9.19. The van der Waals surface area contributed by atoms with E-state index >= 15 is 0 Å². The van der Waals surface area contributed by atoms with Crippen molar-refractivity contribution in [3.8, 4) is 22.4 Å². The maximum Gasteiger partial charge on any atom is 0.256 e. The molecule has 0 spiro atoms. The predicted molar refractivity (Wildman–Crippen MR) is 183 cm³/mol. The van der Waals surface area contributed by atoms with Gasteiger partial charge in [0, 0.05) is 36.9 Å². The molecule has 2 aromatic carbocycles. The SMILES string of the molecule is CC=C(C)C1(C[n+]2ccccc2C(N=C(C)N)=NC)[n+]2ccc(-c3c(C)cccc3C)cc2-c2ccccc2C1(CC)CC. The highest BCUT2D eigenvalue weighted by atomic mass is 15.2. The number of fused-ring (bicyclic) bond motifs is 3. The Morgan fingerprint density at radius 3 is 2.20 bits per heavy atom. The molecular weight excluding hydrogens is 538 g/mol. The van der Waals surface area contributed by atoms with Crippen LogP contribution in [-0.4, -0.2) is 18.7 Å². The topological polar surface area (TPSA) is 58.5 Å². The first kappa shape index (κ1) is 31.1. The second kappa shape index (κ2) is 12.3. The number of allylic oxidation sites excluding steroid dienone is 2. The van der Waals surface area contributed by atoms with Crippen LogP contribution in [0.1, 0.15) is 69.8 Å². The molecule has 0 saturated heterocycles. The summed E-state index contributed by atoms with van der Waals surface area (Å²) in [5.74, 6) is 1.12. The van der Waals surface area contributed by atoms with Crippen LogP contribution in [0.5, 0.6) is 0 Å². The van der Waals surface area contributed by atoms with Crippen molar-refractivity contribution in [2.24, 2.45) is 15.7 Å². The van der Waals surface area contributed by atoms with Crippen molar-refractivity contribution in [1.29, 1.82) is 0 Å². The molecule has 226 valence electrons. The van der Waals surface area contributed by atoms with Crippen molar-refractivity contribution >= 4 is 11.7 Å². The number of benzene rings is 2. The summed E-state index contributed by atoms with van der Waals surface area (Å²) in [6.07, 6.45) is 8.78. The van der Waals surface area contributed by atoms with Gasteiger partial charge < -0.3 is 5.73 Å². The smallest absolute Gasteiger partial charge is 0.256 e. The number of aromatic nitrogens is 2. The Morgan fingerprint density at radius 1 is 0.886 bits per heavy atom. The van der Waals surface area contributed by atoms with Gasteiger partial charge in [0.15, 0.2) is 12.4 Å². The van der Waals surface area contributed by atoms with E-state index in [0.717, 1.165) is 18.5 Å². The third-order valence-electron chi connectivity index (χ3n) is 10.0. The molecule has 2 aromatic heterocycles. The molecule has 0 fully saturated rings. The van der Waals surface area contributed by atoms with Gasteiger partial charge in [-0.15, -0.1) is 0 Å². The summed E-state index contributed by atoms with van der Waals surface area (Å²) in [6, 6.07) is 26.6. The fourth-order valence-corrected chi connectivity index (χ4v) is 7.87. The molecule has 0 saturated carbocycles. The number of hydrogen-bond acceptors (Lipinski definition) is 1. The largest absolute Gasteiger partial charge is 0.387 e. The van der Waals surface area contributed by atoms with Gasteiger partial charge in [-0.1, -0.05) is 56.3 Å². The quantitative estimate of drug-likeness (QED) is 0.104. The fourth-order valence-electron chi connectivity index (χ4n) is 7.87. The lowest BCUT2D eigenvalue weighted by Crippen LogP contribution is -2.75. The second-order valence-electron chi connectivity index (χ2n) is 12.1. The van der Waals surface area contributed by atoms with E-state index in [1.165, 1.54) is 44.6 Å². The zero-order valence-electron chi connectivity index (χ0n) is 27.6. The van der Waals surface area contributed by atoms with E-state index in [0.29, 0.717) is 18.2 Å². The molecule has 1 aliphatic heterocycles. The van der Waals surface area contributed by atoms with Gasteiger partial charge in [0.1, 0.15) is 0 Å². The zero-order valence-corrected chi connectivity index (χ0v) is 27.6. The number of nitrogens with zero attached hydrogens (tertiary/aromatic N) is 4. The highest BCUT2D eigenvalue weighted by molar-refractivity contribution is 6.03. The van der Waals surface area contributed by atoms with Gasteiger partial charge in [0.2, 0.25) is 23.8 Å². The van der Waals surface area contributed by atoms with Crippen LogP contribution in [0.4, 0.5) is 0 Å². The molecule has 4 aromatic rings. The Balaban J connectivity index is 1.89. The first-order chi connectivity index (χ1) is 21.2. The van der Waals surface area contributed by atoms with Crippen molar-refractivity contribution in [2.75, 3.05) is 7.05 Å². The van der Waals surface area contributed by atoms with E-state index in [1.54, 1.807) is 14.0 Å². The molecule has 2 N–H and O–H groups in total. The summed E-state index contributed by atoms with van der Waals surface area (Å²) in [5, 5.41) is 0. The highest BCUT2D eigenvalue weighted by Crippen LogP contribution is 2.54. The lowest BCUT2D eigenvalue weighted by atomic mass is 9.56. The average Bonchev–Trinajstić information content (AvgIpc) is 3.03. The van der Waals surface area contributed by atoms with Crippen LogP contribution in [0.3, 0.4) is 0 Å². The molecule has 0 amide bonds. The molecule has 5 heteroatoms. The normalized spacial score (nSPS) is 18.1. The highest BCUT2D eigenvalue weighted by Gasteiger charge is 2.65. The number of nitrogens with two attached hydrogens (primary N) is 1. The lowest BCUT2D eigenvalue weighted by molar-refractivity contribution is -0.828. The number of aryl methyl sites for hydroxylation is 2. The van der Waals surface area contributed by atoms with Gasteiger partial charge in [-0.05, 0) is 87.4 Å². The van der Waals surface area contributed by atoms with Gasteiger partial charge in [0.05, 0.1) is 16.8 Å². The van der Waals surface area contributed by atoms with Gasteiger partial charge in [-0.3, -0.25) is 4.99 Å². The fraction of sp³-hybridized carbons (Fsp3) is 0.333. The van der Waals surface area contributed by atoms with Crippen LogP contribution >= 0.6 is 0 Å². The Labute approximate surface area is 263 Å². The van der Waals surface area contributed by atoms with Crippen molar-refractivity contribution < 1.29 is 9.13 Å². The minimum Gasteiger partial charge on any atom is -0.387 e. The molecule has 1 unspecified atom stereocenters. The van der Waals surface area contributed by atoms with E-state index in [2.05, 4.69) is 152 Å². The third kappa shape index (κ3) is 4.79. The van der Waals surface area contributed by atoms with Crippen molar-refractivity contribution in [1.82, 2.24) is 0 Å². The monoisotopic (exact) mass is 585 g/mol. The molecule has 0 radical (unpaired) electrons. The molecule has 1 atom stereocenters. The Bertz CT molecular complexity index is 1770. The molecule has 44 heavy (non-hydrogen) atoms. The maximum atomic E-state index is 6.07. The van der Waals surface area contributed by atoms with E-state index in [9.17, 15) is 0 Å². The van der Waals surface area contributed by atoms with Crippen LogP contribution in [0.2, 0.25) is 0 Å². The minimum absolute atomic E-state index is 0.186. The number of pyridine rings is 2. The average molecular weight is 586 g/mol. The summed E-state index contributed by atoms with van der Waals surface area (Å²) >= 11 is 0. The van der Waals surface area contributed by atoms with E-state index in [4.69, 9.17) is 5.73 Å². The van der Waals surface area contributed by atoms with Crippen molar-refractivity contribution in [3.05, 3.63) is 119 Å². The standard InChI is InChI=1S/C39H47N5/c1-9-29(6)39(26-43-23-15-14-21-34(43)37(41-8)42-30(7)40)38(10-2,11-3)33-20-13-12-19-32(33)35-25-31(22-24-44(35)39)36-27(4)17-16-18-28(36)5/h9,12-25H,10-11,26H2,1-8H3,(H2,40,41,42)/q+2. The Kier molecular flexibility index (Phi) is 8.69. The Hall–Kier alpha value is -4.38. The molecule has 0 bridgehead atoms. The summed E-state index contributed by atoms with van der Waals surface area (Å²) in [5.41, 5.74) is 16.8. The maximum absolute atomic E-state index is 6.07. The van der Waals surface area contributed by atoms with Crippen molar-refractivity contribution in [2.45, 2.75) is 78.8 Å².